The largest absolute Gasteiger partial charge is 0.495 e. The zero-order valence-electron chi connectivity index (χ0n) is 17.2. The van der Waals surface area contributed by atoms with Gasteiger partial charge < -0.3 is 25.6 Å². The molecule has 3 N–H and O–H groups in total. The van der Waals surface area contributed by atoms with Gasteiger partial charge in [0.15, 0.2) is 5.96 Å². The van der Waals surface area contributed by atoms with Gasteiger partial charge in [-0.15, -0.1) is 0 Å². The molecule has 2 rings (SSSR count). The maximum Gasteiger partial charge on any atom is 0.221 e. The number of nitrogens with one attached hydrogen (secondary N) is 3. The zero-order valence-corrected chi connectivity index (χ0v) is 18.0. The predicted octanol–water partition coefficient (Wildman–Crippen LogP) is 2.40. The Hall–Kier alpha value is -2.15. The number of guanidine groups is 1. The van der Waals surface area contributed by atoms with E-state index in [9.17, 15) is 4.79 Å². The summed E-state index contributed by atoms with van der Waals surface area (Å²) in [5.74, 6) is 1.58. The van der Waals surface area contributed by atoms with Crippen molar-refractivity contribution in [3.8, 4) is 5.75 Å². The molecule has 1 aromatic rings. The van der Waals surface area contributed by atoms with E-state index in [4.69, 9.17) is 16.3 Å². The van der Waals surface area contributed by atoms with Gasteiger partial charge in [0.1, 0.15) is 5.75 Å². The standard InChI is InChI=1S/C20H32ClN5O2/c1-5-14(2)24-19(27)8-10-23-20(22-3)25-16-9-11-26(13-16)17-12-15(21)6-7-18(17)28-4/h6-7,12,14,16H,5,8-11,13H2,1-4H3,(H,24,27)(H2,22,23,25). The Kier molecular flexibility index (Phi) is 8.70. The Balaban J connectivity index is 1.82. The van der Waals surface area contributed by atoms with E-state index in [0.29, 0.717) is 23.9 Å². The van der Waals surface area contributed by atoms with Crippen LogP contribution in [0.15, 0.2) is 23.2 Å². The fraction of sp³-hybridized carbons (Fsp3) is 0.600. The number of benzene rings is 1. The summed E-state index contributed by atoms with van der Waals surface area (Å²) in [4.78, 5) is 18.4. The second-order valence-corrected chi connectivity index (χ2v) is 7.45. The summed E-state index contributed by atoms with van der Waals surface area (Å²) in [5, 5.41) is 10.3. The average Bonchev–Trinajstić information content (AvgIpc) is 3.15. The first-order chi connectivity index (χ1) is 13.5. The van der Waals surface area contributed by atoms with Crippen molar-refractivity contribution < 1.29 is 9.53 Å². The molecule has 1 heterocycles. The van der Waals surface area contributed by atoms with Crippen LogP contribution in [-0.2, 0) is 4.79 Å². The van der Waals surface area contributed by atoms with Crippen LogP contribution in [-0.4, -0.2) is 57.7 Å². The van der Waals surface area contributed by atoms with Gasteiger partial charge >= 0.3 is 0 Å². The van der Waals surface area contributed by atoms with Crippen LogP contribution in [0.3, 0.4) is 0 Å². The summed E-state index contributed by atoms with van der Waals surface area (Å²) < 4.78 is 5.47. The van der Waals surface area contributed by atoms with Crippen molar-refractivity contribution in [3.63, 3.8) is 0 Å². The van der Waals surface area contributed by atoms with Crippen molar-refractivity contribution in [1.82, 2.24) is 16.0 Å². The van der Waals surface area contributed by atoms with E-state index >= 15 is 0 Å². The van der Waals surface area contributed by atoms with Crippen molar-refractivity contribution >= 4 is 29.2 Å². The minimum Gasteiger partial charge on any atom is -0.495 e. The second-order valence-electron chi connectivity index (χ2n) is 7.02. The van der Waals surface area contributed by atoms with Gasteiger partial charge in [-0.3, -0.25) is 9.79 Å². The number of halogens is 1. The molecule has 1 aliphatic rings. The number of ether oxygens (including phenoxy) is 1. The Labute approximate surface area is 172 Å². The number of methoxy groups -OCH3 is 1. The van der Waals surface area contributed by atoms with Gasteiger partial charge in [0.25, 0.3) is 0 Å². The Morgan fingerprint density at radius 3 is 2.93 bits per heavy atom. The molecule has 0 aromatic heterocycles. The summed E-state index contributed by atoms with van der Waals surface area (Å²) >= 11 is 6.16. The Morgan fingerprint density at radius 2 is 2.25 bits per heavy atom. The molecule has 2 atom stereocenters. The van der Waals surface area contributed by atoms with Crippen molar-refractivity contribution in [1.29, 1.82) is 0 Å². The number of rotatable bonds is 8. The molecular weight excluding hydrogens is 378 g/mol. The molecule has 0 spiro atoms. The zero-order chi connectivity index (χ0) is 20.5. The highest BCUT2D eigenvalue weighted by atomic mass is 35.5. The molecular formula is C20H32ClN5O2. The van der Waals surface area contributed by atoms with E-state index in [-0.39, 0.29) is 18.0 Å². The van der Waals surface area contributed by atoms with Crippen LogP contribution in [0.2, 0.25) is 5.02 Å². The van der Waals surface area contributed by atoms with Crippen molar-refractivity contribution in [2.75, 3.05) is 38.7 Å². The maximum atomic E-state index is 11.9. The summed E-state index contributed by atoms with van der Waals surface area (Å²) in [5.41, 5.74) is 1.00. The van der Waals surface area contributed by atoms with E-state index < -0.39 is 0 Å². The lowest BCUT2D eigenvalue weighted by atomic mass is 10.2. The van der Waals surface area contributed by atoms with Crippen LogP contribution in [0, 0.1) is 0 Å². The third-order valence-electron chi connectivity index (χ3n) is 4.90. The number of amides is 1. The van der Waals surface area contributed by atoms with Crippen LogP contribution < -0.4 is 25.6 Å². The highest BCUT2D eigenvalue weighted by Crippen LogP contribution is 2.33. The summed E-state index contributed by atoms with van der Waals surface area (Å²) in [6.07, 6.45) is 2.32. The lowest BCUT2D eigenvalue weighted by molar-refractivity contribution is -0.121. The molecule has 0 radical (unpaired) electrons. The van der Waals surface area contributed by atoms with Gasteiger partial charge in [-0.05, 0) is 38.0 Å². The predicted molar refractivity (Wildman–Crippen MR) is 116 cm³/mol. The average molecular weight is 410 g/mol. The first-order valence-electron chi connectivity index (χ1n) is 9.81. The first-order valence-corrected chi connectivity index (χ1v) is 10.2. The molecule has 1 amide bonds. The number of carbonyl (C=O) groups excluding carboxylic acids is 1. The highest BCUT2D eigenvalue weighted by Gasteiger charge is 2.25. The van der Waals surface area contributed by atoms with E-state index in [1.54, 1.807) is 14.2 Å². The topological polar surface area (TPSA) is 78.0 Å². The quantitative estimate of drug-likeness (QED) is 0.454. The lowest BCUT2D eigenvalue weighted by Crippen LogP contribution is -2.45. The SMILES string of the molecule is CCC(C)NC(=O)CCNC(=NC)NC1CCN(c2cc(Cl)ccc2OC)C1. The normalized spacial score (nSPS) is 18.0. The van der Waals surface area contributed by atoms with Gasteiger partial charge in [-0.1, -0.05) is 18.5 Å². The van der Waals surface area contributed by atoms with Gasteiger partial charge in [-0.2, -0.15) is 0 Å². The molecule has 7 nitrogen and oxygen atoms in total. The third-order valence-corrected chi connectivity index (χ3v) is 5.13. The number of hydrogen-bond acceptors (Lipinski definition) is 4. The monoisotopic (exact) mass is 409 g/mol. The Morgan fingerprint density at radius 1 is 1.46 bits per heavy atom. The molecule has 1 aliphatic heterocycles. The number of hydrogen-bond donors (Lipinski definition) is 3. The molecule has 8 heteroatoms. The van der Waals surface area contributed by atoms with E-state index in [1.807, 2.05) is 25.1 Å². The highest BCUT2D eigenvalue weighted by molar-refractivity contribution is 6.30. The van der Waals surface area contributed by atoms with Crippen molar-refractivity contribution in [2.45, 2.75) is 45.2 Å². The van der Waals surface area contributed by atoms with Gasteiger partial charge in [0.05, 0.1) is 12.8 Å². The molecule has 0 bridgehead atoms. The molecule has 0 saturated carbocycles. The van der Waals surface area contributed by atoms with Gasteiger partial charge in [0.2, 0.25) is 5.91 Å². The van der Waals surface area contributed by atoms with Crippen LogP contribution >= 0.6 is 11.6 Å². The summed E-state index contributed by atoms with van der Waals surface area (Å²) in [6, 6.07) is 6.12. The van der Waals surface area contributed by atoms with E-state index in [1.165, 1.54) is 0 Å². The molecule has 1 saturated heterocycles. The molecule has 1 aromatic carbocycles. The summed E-state index contributed by atoms with van der Waals surface area (Å²) in [7, 11) is 3.41. The van der Waals surface area contributed by atoms with Gasteiger partial charge in [0, 0.05) is 50.2 Å². The molecule has 156 valence electrons. The molecule has 0 aliphatic carbocycles. The van der Waals surface area contributed by atoms with Crippen LogP contribution in [0.4, 0.5) is 5.69 Å². The smallest absolute Gasteiger partial charge is 0.221 e. The Bertz CT molecular complexity index is 683. The molecule has 28 heavy (non-hydrogen) atoms. The van der Waals surface area contributed by atoms with Crippen LogP contribution in [0.25, 0.3) is 0 Å². The lowest BCUT2D eigenvalue weighted by Gasteiger charge is -2.22. The maximum absolute atomic E-state index is 11.9. The minimum absolute atomic E-state index is 0.0531. The number of carbonyl (C=O) groups is 1. The van der Waals surface area contributed by atoms with Crippen LogP contribution in [0.1, 0.15) is 33.1 Å². The van der Waals surface area contributed by atoms with Gasteiger partial charge in [-0.25, -0.2) is 0 Å². The van der Waals surface area contributed by atoms with Crippen molar-refractivity contribution in [2.24, 2.45) is 4.99 Å². The van der Waals surface area contributed by atoms with Crippen LogP contribution in [0.5, 0.6) is 5.75 Å². The number of aliphatic imine (C=N–C) groups is 1. The molecule has 2 unspecified atom stereocenters. The van der Waals surface area contributed by atoms with E-state index in [0.717, 1.165) is 37.4 Å². The molecule has 1 fully saturated rings. The number of anilines is 1. The summed E-state index contributed by atoms with van der Waals surface area (Å²) in [6.45, 7) is 6.33. The third kappa shape index (κ3) is 6.48. The fourth-order valence-electron chi connectivity index (χ4n) is 3.14. The fourth-order valence-corrected chi connectivity index (χ4v) is 3.30. The minimum atomic E-state index is 0.0531. The van der Waals surface area contributed by atoms with E-state index in [2.05, 4.69) is 32.8 Å². The second kappa shape index (κ2) is 11.0. The number of nitrogens with zero attached hydrogens (tertiary/aromatic N) is 2. The van der Waals surface area contributed by atoms with Crippen molar-refractivity contribution in [3.05, 3.63) is 23.2 Å². The first kappa shape index (κ1) is 22.1.